The second-order valence-electron chi connectivity index (χ2n) is 9.35. The molecule has 232 valence electrons. The highest BCUT2D eigenvalue weighted by Crippen LogP contribution is 2.52. The second-order valence-corrected chi connectivity index (χ2v) is 12.9. The lowest BCUT2D eigenvalue weighted by Gasteiger charge is -2.09. The van der Waals surface area contributed by atoms with Gasteiger partial charge in [0.05, 0.1) is 34.0 Å². The highest BCUT2D eigenvalue weighted by molar-refractivity contribution is 7.52. The van der Waals surface area contributed by atoms with Gasteiger partial charge in [0.1, 0.15) is 22.3 Å². The van der Waals surface area contributed by atoms with E-state index in [4.69, 9.17) is 27.9 Å². The Morgan fingerprint density at radius 3 is 2.38 bits per heavy atom. The van der Waals surface area contributed by atoms with Crippen LogP contribution in [0.1, 0.15) is 21.5 Å². The Labute approximate surface area is 267 Å². The fourth-order valence-corrected chi connectivity index (χ4v) is 6.06. The molecule has 5 aromatic rings. The lowest BCUT2D eigenvalue weighted by Crippen LogP contribution is -2.17. The minimum absolute atomic E-state index is 0.0168. The standard InChI is InChI=1S/C29H19Cl2F3N3O6PS/c30-24-10-9-21(14-25(24)31)35-29-37(15-17-7-8-20(26(32)11-17)16-44(40,42-33)43-34)36-27(45-29)18-3-1-5-22(12-18)41-23-6-2-4-19(13-23)28(38)39/h1-14H,15-16H2,(H,38,39). The Bertz CT molecular complexity index is 2000. The maximum Gasteiger partial charge on any atom is 0.399 e. The highest BCUT2D eigenvalue weighted by atomic mass is 35.5. The molecule has 0 saturated heterocycles. The summed E-state index contributed by atoms with van der Waals surface area (Å²) in [5.74, 6) is -1.23. The quantitative estimate of drug-likeness (QED) is 0.137. The molecular formula is C29H19Cl2F3N3O6PS. The van der Waals surface area contributed by atoms with E-state index < -0.39 is 25.5 Å². The van der Waals surface area contributed by atoms with Crippen LogP contribution in [-0.2, 0) is 26.7 Å². The SMILES string of the molecule is O=C(O)c1cccc(Oc2cccc(-c3nn(Cc4ccc(CP(=O)(OF)OF)c(F)c4)c(=Nc4ccc(Cl)c(Cl)c4)s3)c2)c1. The third kappa shape index (κ3) is 8.01. The van der Waals surface area contributed by atoms with Gasteiger partial charge in [0.15, 0.2) is 0 Å². The van der Waals surface area contributed by atoms with Crippen LogP contribution < -0.4 is 9.54 Å². The van der Waals surface area contributed by atoms with Crippen LogP contribution in [0.15, 0.2) is 89.9 Å². The maximum atomic E-state index is 14.8. The first-order valence-electron chi connectivity index (χ1n) is 12.7. The molecule has 45 heavy (non-hydrogen) atoms. The average Bonchev–Trinajstić information content (AvgIpc) is 3.42. The monoisotopic (exact) mass is 695 g/mol. The van der Waals surface area contributed by atoms with Gasteiger partial charge in [-0.25, -0.2) is 18.9 Å². The van der Waals surface area contributed by atoms with Crippen molar-refractivity contribution in [2.24, 2.45) is 4.99 Å². The molecule has 1 heterocycles. The first kappa shape index (κ1) is 32.4. The van der Waals surface area contributed by atoms with Crippen LogP contribution in [0.4, 0.5) is 19.1 Å². The third-order valence-electron chi connectivity index (χ3n) is 6.17. The van der Waals surface area contributed by atoms with Crippen molar-refractivity contribution >= 4 is 53.8 Å². The molecule has 0 spiro atoms. The molecule has 0 amide bonds. The molecule has 0 radical (unpaired) electrons. The molecule has 0 unspecified atom stereocenters. The number of carbonyl (C=O) groups is 1. The Balaban J connectivity index is 1.50. The van der Waals surface area contributed by atoms with Crippen molar-refractivity contribution in [3.05, 3.63) is 122 Å². The van der Waals surface area contributed by atoms with Crippen LogP contribution in [0.5, 0.6) is 11.5 Å². The van der Waals surface area contributed by atoms with Crippen molar-refractivity contribution in [2.75, 3.05) is 0 Å². The van der Waals surface area contributed by atoms with Gasteiger partial charge < -0.3 is 9.84 Å². The molecule has 9 nitrogen and oxygen atoms in total. The summed E-state index contributed by atoms with van der Waals surface area (Å²) in [7, 11) is -4.79. The van der Waals surface area contributed by atoms with Gasteiger partial charge >= 0.3 is 13.6 Å². The van der Waals surface area contributed by atoms with Gasteiger partial charge in [-0.05, 0) is 69.2 Å². The lowest BCUT2D eigenvalue weighted by atomic mass is 10.1. The summed E-state index contributed by atoms with van der Waals surface area (Å²) in [6.07, 6.45) is -0.961. The first-order chi connectivity index (χ1) is 21.6. The zero-order chi connectivity index (χ0) is 32.1. The Morgan fingerprint density at radius 1 is 0.956 bits per heavy atom. The molecule has 0 atom stereocenters. The number of halogens is 5. The minimum atomic E-state index is -4.79. The van der Waals surface area contributed by atoms with Crippen LogP contribution >= 0.6 is 42.1 Å². The van der Waals surface area contributed by atoms with E-state index in [1.165, 1.54) is 40.3 Å². The van der Waals surface area contributed by atoms with E-state index in [9.17, 15) is 27.9 Å². The Kier molecular flexibility index (Phi) is 10.1. The lowest BCUT2D eigenvalue weighted by molar-refractivity contribution is -0.0881. The zero-order valence-electron chi connectivity index (χ0n) is 22.6. The molecule has 0 fully saturated rings. The summed E-state index contributed by atoms with van der Waals surface area (Å²) in [5.41, 5.74) is 1.30. The summed E-state index contributed by atoms with van der Waals surface area (Å²) in [6, 6.07) is 21.6. The fourth-order valence-electron chi connectivity index (χ4n) is 4.06. The molecular weight excluding hydrogens is 677 g/mol. The van der Waals surface area contributed by atoms with Crippen LogP contribution in [0.3, 0.4) is 0 Å². The van der Waals surface area contributed by atoms with E-state index in [1.807, 2.05) is 0 Å². The van der Waals surface area contributed by atoms with Crippen molar-refractivity contribution in [3.63, 3.8) is 0 Å². The summed E-state index contributed by atoms with van der Waals surface area (Å²) >= 11 is 13.4. The molecule has 0 aliphatic carbocycles. The third-order valence-corrected chi connectivity index (χ3v) is 9.05. The first-order valence-corrected chi connectivity index (χ1v) is 16.0. The van der Waals surface area contributed by atoms with Gasteiger partial charge in [-0.2, -0.15) is 5.10 Å². The Morgan fingerprint density at radius 2 is 1.69 bits per heavy atom. The van der Waals surface area contributed by atoms with Crippen LogP contribution in [0, 0.1) is 5.82 Å². The second kappa shape index (κ2) is 14.0. The van der Waals surface area contributed by atoms with Crippen molar-refractivity contribution < 1.29 is 42.1 Å². The number of carboxylic acid groups (broad SMARTS) is 1. The normalized spacial score (nSPS) is 12.0. The number of benzene rings is 4. The highest BCUT2D eigenvalue weighted by Gasteiger charge is 2.29. The van der Waals surface area contributed by atoms with Crippen LogP contribution in [-0.4, -0.2) is 20.9 Å². The van der Waals surface area contributed by atoms with Crippen LogP contribution in [0.2, 0.25) is 10.0 Å². The topological polar surface area (TPSA) is 112 Å². The summed E-state index contributed by atoms with van der Waals surface area (Å²) in [5, 5.41) is 15.1. The molecule has 1 N–H and O–H groups in total. The van der Waals surface area contributed by atoms with E-state index in [-0.39, 0.29) is 22.7 Å². The molecule has 0 saturated carbocycles. The van der Waals surface area contributed by atoms with E-state index in [1.54, 1.807) is 54.6 Å². The predicted molar refractivity (Wildman–Crippen MR) is 162 cm³/mol. The van der Waals surface area contributed by atoms with E-state index in [2.05, 4.69) is 19.5 Å². The average molecular weight is 696 g/mol. The Hall–Kier alpha value is -3.97. The summed E-state index contributed by atoms with van der Waals surface area (Å²) in [4.78, 5) is 16.4. The summed E-state index contributed by atoms with van der Waals surface area (Å²) in [6.45, 7) is 0.0168. The minimum Gasteiger partial charge on any atom is -0.478 e. The van der Waals surface area contributed by atoms with E-state index in [0.29, 0.717) is 43.1 Å². The van der Waals surface area contributed by atoms with Crippen molar-refractivity contribution in [2.45, 2.75) is 12.7 Å². The van der Waals surface area contributed by atoms with Crippen molar-refractivity contribution in [1.29, 1.82) is 0 Å². The number of rotatable bonds is 11. The summed E-state index contributed by atoms with van der Waals surface area (Å²) < 4.78 is 65.2. The number of hydrogen-bond acceptors (Lipinski definition) is 8. The van der Waals surface area contributed by atoms with Gasteiger partial charge in [-0.15, -0.1) is 9.46 Å². The number of carboxylic acids is 1. The number of nitrogens with zero attached hydrogens (tertiary/aromatic N) is 3. The smallest absolute Gasteiger partial charge is 0.399 e. The van der Waals surface area contributed by atoms with Gasteiger partial charge in [-0.1, -0.05) is 64.9 Å². The fraction of sp³-hybridized carbons (Fsp3) is 0.0690. The predicted octanol–water partition coefficient (Wildman–Crippen LogP) is 9.32. The zero-order valence-corrected chi connectivity index (χ0v) is 25.8. The molecule has 0 aliphatic rings. The maximum absolute atomic E-state index is 14.8. The van der Waals surface area contributed by atoms with E-state index in [0.717, 1.165) is 6.07 Å². The molecule has 1 aromatic heterocycles. The largest absolute Gasteiger partial charge is 0.478 e. The molecule has 4 aromatic carbocycles. The van der Waals surface area contributed by atoms with Gasteiger partial charge in [0, 0.05) is 11.1 Å². The number of aromatic nitrogens is 2. The molecule has 5 rings (SSSR count). The number of hydrogen-bond donors (Lipinski definition) is 1. The van der Waals surface area contributed by atoms with Gasteiger partial charge in [0.2, 0.25) is 4.80 Å². The number of aromatic carboxylic acids is 1. The van der Waals surface area contributed by atoms with Crippen molar-refractivity contribution in [3.8, 4) is 22.1 Å². The van der Waals surface area contributed by atoms with Crippen molar-refractivity contribution in [1.82, 2.24) is 9.78 Å². The number of ether oxygens (including phenoxy) is 1. The van der Waals surface area contributed by atoms with Gasteiger partial charge in [-0.3, -0.25) is 4.57 Å². The van der Waals surface area contributed by atoms with E-state index >= 15 is 0 Å². The molecule has 0 aliphatic heterocycles. The molecule has 0 bridgehead atoms. The van der Waals surface area contributed by atoms with Gasteiger partial charge in [0.25, 0.3) is 0 Å². The van der Waals surface area contributed by atoms with Crippen LogP contribution in [0.25, 0.3) is 10.6 Å². The molecule has 16 heteroatoms.